The number of aromatic nitrogens is 1. The Balaban J connectivity index is 1.99. The topological polar surface area (TPSA) is 48.4 Å². The molecule has 1 heterocycles. The van der Waals surface area contributed by atoms with Gasteiger partial charge in [-0.05, 0) is 53.3 Å². The second-order valence-electron chi connectivity index (χ2n) is 4.91. The summed E-state index contributed by atoms with van der Waals surface area (Å²) in [5.41, 5.74) is 0.893. The highest BCUT2D eigenvalue weighted by Crippen LogP contribution is 2.47. The molecule has 0 unspecified atom stereocenters. The zero-order valence-electron chi connectivity index (χ0n) is 10.5. The number of methoxy groups -OCH3 is 1. The molecule has 0 spiro atoms. The predicted molar refractivity (Wildman–Crippen MR) is 75.7 cm³/mol. The van der Waals surface area contributed by atoms with Gasteiger partial charge in [0.05, 0.1) is 19.3 Å². The van der Waals surface area contributed by atoms with Crippen LogP contribution in [-0.2, 0) is 4.74 Å². The Kier molecular flexibility index (Phi) is 4.09. The first-order valence-electron chi connectivity index (χ1n) is 5.91. The second-order valence-corrected chi connectivity index (χ2v) is 5.94. The monoisotopic (exact) mass is 361 g/mol. The van der Waals surface area contributed by atoms with E-state index in [1.165, 1.54) is 26.1 Å². The Morgan fingerprint density at radius 3 is 2.89 bits per heavy atom. The largest absolute Gasteiger partial charge is 0.491 e. The van der Waals surface area contributed by atoms with Gasteiger partial charge in [0.25, 0.3) is 0 Å². The van der Waals surface area contributed by atoms with Crippen molar-refractivity contribution in [3.8, 4) is 5.75 Å². The Hall–Kier alpha value is -0.850. The van der Waals surface area contributed by atoms with Gasteiger partial charge in [0, 0.05) is 6.20 Å². The van der Waals surface area contributed by atoms with Crippen molar-refractivity contribution in [3.63, 3.8) is 0 Å². The number of hydrogen-bond acceptors (Lipinski definition) is 4. The average Bonchev–Trinajstić information content (AvgIpc) is 3.09. The SMILES string of the molecule is COC(=O)c1cnc(I)c(OCCC2(C)CC2)c1. The van der Waals surface area contributed by atoms with Crippen LogP contribution in [0.4, 0.5) is 0 Å². The van der Waals surface area contributed by atoms with Crippen LogP contribution in [-0.4, -0.2) is 24.7 Å². The lowest BCUT2D eigenvalue weighted by atomic mass is 10.1. The third kappa shape index (κ3) is 3.34. The van der Waals surface area contributed by atoms with E-state index in [1.54, 1.807) is 6.07 Å². The molecule has 1 aliphatic carbocycles. The van der Waals surface area contributed by atoms with Crippen molar-refractivity contribution in [2.45, 2.75) is 26.2 Å². The van der Waals surface area contributed by atoms with Gasteiger partial charge in [-0.25, -0.2) is 9.78 Å². The summed E-state index contributed by atoms with van der Waals surface area (Å²) < 4.78 is 11.1. The van der Waals surface area contributed by atoms with Crippen molar-refractivity contribution in [2.75, 3.05) is 13.7 Å². The fraction of sp³-hybridized carbons (Fsp3) is 0.538. The second kappa shape index (κ2) is 5.42. The zero-order chi connectivity index (χ0) is 13.2. The van der Waals surface area contributed by atoms with Gasteiger partial charge in [0.2, 0.25) is 0 Å². The number of halogens is 1. The van der Waals surface area contributed by atoms with Crippen molar-refractivity contribution >= 4 is 28.6 Å². The number of rotatable bonds is 5. The van der Waals surface area contributed by atoms with Crippen LogP contribution in [0.5, 0.6) is 5.75 Å². The maximum atomic E-state index is 11.4. The van der Waals surface area contributed by atoms with Gasteiger partial charge in [0.15, 0.2) is 5.75 Å². The number of carbonyl (C=O) groups excluding carboxylic acids is 1. The molecule has 1 fully saturated rings. The van der Waals surface area contributed by atoms with E-state index in [1.807, 2.05) is 0 Å². The molecule has 0 aromatic carbocycles. The Morgan fingerprint density at radius 1 is 1.56 bits per heavy atom. The lowest BCUT2D eigenvalue weighted by Crippen LogP contribution is -2.08. The molecule has 2 rings (SSSR count). The first kappa shape index (κ1) is 13.6. The van der Waals surface area contributed by atoms with Crippen LogP contribution in [0.15, 0.2) is 12.3 Å². The van der Waals surface area contributed by atoms with Gasteiger partial charge in [0.1, 0.15) is 3.70 Å². The van der Waals surface area contributed by atoms with E-state index in [0.29, 0.717) is 23.3 Å². The standard InChI is InChI=1S/C13H16INO3/c1-13(3-4-13)5-6-18-10-7-9(12(16)17-2)8-15-11(10)14/h7-8H,3-6H2,1-2H3. The summed E-state index contributed by atoms with van der Waals surface area (Å²) in [6, 6.07) is 1.69. The van der Waals surface area contributed by atoms with Gasteiger partial charge in [-0.2, -0.15) is 0 Å². The van der Waals surface area contributed by atoms with Crippen LogP contribution in [0.2, 0.25) is 0 Å². The van der Waals surface area contributed by atoms with Crippen molar-refractivity contribution in [1.29, 1.82) is 0 Å². The van der Waals surface area contributed by atoms with Gasteiger partial charge < -0.3 is 9.47 Å². The van der Waals surface area contributed by atoms with Crippen molar-refractivity contribution < 1.29 is 14.3 Å². The summed E-state index contributed by atoms with van der Waals surface area (Å²) in [6.45, 7) is 2.93. The van der Waals surface area contributed by atoms with Gasteiger partial charge in [-0.3, -0.25) is 0 Å². The first-order chi connectivity index (χ1) is 8.54. The highest BCUT2D eigenvalue weighted by Gasteiger charge is 2.36. The van der Waals surface area contributed by atoms with E-state index in [2.05, 4.69) is 39.2 Å². The molecule has 0 radical (unpaired) electrons. The molecule has 1 saturated carbocycles. The molecule has 0 aliphatic heterocycles. The van der Waals surface area contributed by atoms with Crippen molar-refractivity contribution in [2.24, 2.45) is 5.41 Å². The minimum absolute atomic E-state index is 0.391. The summed E-state index contributed by atoms with van der Waals surface area (Å²) in [4.78, 5) is 15.5. The molecule has 4 nitrogen and oxygen atoms in total. The maximum absolute atomic E-state index is 11.4. The fourth-order valence-corrected chi connectivity index (χ4v) is 2.08. The predicted octanol–water partition coefficient (Wildman–Crippen LogP) is 3.04. The summed E-state index contributed by atoms with van der Waals surface area (Å²) in [6.07, 6.45) is 5.12. The quantitative estimate of drug-likeness (QED) is 0.460. The molecule has 1 aromatic rings. The molecule has 5 heteroatoms. The lowest BCUT2D eigenvalue weighted by molar-refractivity contribution is 0.0599. The van der Waals surface area contributed by atoms with Gasteiger partial charge in [-0.1, -0.05) is 6.92 Å². The number of ether oxygens (including phenoxy) is 2. The summed E-state index contributed by atoms with van der Waals surface area (Å²) in [5.74, 6) is 0.264. The van der Waals surface area contributed by atoms with Crippen LogP contribution in [0.1, 0.15) is 36.5 Å². The number of nitrogens with zero attached hydrogens (tertiary/aromatic N) is 1. The first-order valence-corrected chi connectivity index (χ1v) is 6.99. The highest BCUT2D eigenvalue weighted by molar-refractivity contribution is 14.1. The molecule has 98 valence electrons. The Labute approximate surface area is 120 Å². The van der Waals surface area contributed by atoms with Crippen LogP contribution >= 0.6 is 22.6 Å². The molecule has 0 amide bonds. The lowest BCUT2D eigenvalue weighted by Gasteiger charge is -2.11. The van der Waals surface area contributed by atoms with E-state index in [0.717, 1.165) is 10.1 Å². The van der Waals surface area contributed by atoms with Gasteiger partial charge in [-0.15, -0.1) is 0 Å². The number of esters is 1. The summed E-state index contributed by atoms with van der Waals surface area (Å²) in [7, 11) is 1.36. The van der Waals surface area contributed by atoms with E-state index < -0.39 is 5.97 Å². The molecular weight excluding hydrogens is 345 g/mol. The number of pyridine rings is 1. The van der Waals surface area contributed by atoms with Crippen LogP contribution < -0.4 is 4.74 Å². The minimum Gasteiger partial charge on any atom is -0.491 e. The maximum Gasteiger partial charge on any atom is 0.339 e. The number of hydrogen-bond donors (Lipinski definition) is 0. The van der Waals surface area contributed by atoms with Crippen LogP contribution in [0.3, 0.4) is 0 Å². The summed E-state index contributed by atoms with van der Waals surface area (Å²) in [5, 5.41) is 0. The van der Waals surface area contributed by atoms with Gasteiger partial charge >= 0.3 is 5.97 Å². The molecule has 18 heavy (non-hydrogen) atoms. The number of carbonyl (C=O) groups is 1. The molecule has 1 aromatic heterocycles. The molecule has 0 atom stereocenters. The Bertz CT molecular complexity index is 458. The van der Waals surface area contributed by atoms with Crippen LogP contribution in [0.25, 0.3) is 0 Å². The molecule has 1 aliphatic rings. The third-order valence-electron chi connectivity index (χ3n) is 3.29. The molecule has 0 bridgehead atoms. The molecule has 0 saturated heterocycles. The minimum atomic E-state index is -0.391. The third-order valence-corrected chi connectivity index (χ3v) is 4.10. The molecular formula is C13H16INO3. The van der Waals surface area contributed by atoms with Crippen molar-refractivity contribution in [1.82, 2.24) is 4.98 Å². The van der Waals surface area contributed by atoms with E-state index in [9.17, 15) is 4.79 Å². The highest BCUT2D eigenvalue weighted by atomic mass is 127. The fourth-order valence-electron chi connectivity index (χ4n) is 1.63. The van der Waals surface area contributed by atoms with Crippen molar-refractivity contribution in [3.05, 3.63) is 21.5 Å². The van der Waals surface area contributed by atoms with E-state index >= 15 is 0 Å². The van der Waals surface area contributed by atoms with E-state index in [4.69, 9.17) is 4.74 Å². The normalized spacial score (nSPS) is 16.2. The van der Waals surface area contributed by atoms with E-state index in [-0.39, 0.29) is 0 Å². The molecule has 0 N–H and O–H groups in total. The average molecular weight is 361 g/mol. The zero-order valence-corrected chi connectivity index (χ0v) is 12.7. The smallest absolute Gasteiger partial charge is 0.339 e. The van der Waals surface area contributed by atoms with Crippen LogP contribution in [0, 0.1) is 9.12 Å². The Morgan fingerprint density at radius 2 is 2.28 bits per heavy atom. The summed E-state index contributed by atoms with van der Waals surface area (Å²) >= 11 is 2.10.